The van der Waals surface area contributed by atoms with E-state index in [0.29, 0.717) is 4.83 Å². The largest absolute Gasteiger partial charge is 0.245 e. The number of rotatable bonds is 3. The van der Waals surface area contributed by atoms with Gasteiger partial charge in [0.15, 0.2) is 0 Å². The molecule has 1 nitrogen and oxygen atoms in total. The van der Waals surface area contributed by atoms with E-state index < -0.39 is 0 Å². The zero-order chi connectivity index (χ0) is 11.5. The first-order valence-electron chi connectivity index (χ1n) is 4.95. The molecule has 0 saturated heterocycles. The number of nitrogens with zero attached hydrogens (tertiary/aromatic N) is 1. The van der Waals surface area contributed by atoms with Crippen molar-refractivity contribution in [3.8, 4) is 0 Å². The van der Waals surface area contributed by atoms with E-state index >= 15 is 0 Å². The molecule has 0 fully saturated rings. The maximum absolute atomic E-state index is 4.49. The summed E-state index contributed by atoms with van der Waals surface area (Å²) in [6.07, 6.45) is 0.969. The first-order chi connectivity index (χ1) is 7.65. The van der Waals surface area contributed by atoms with E-state index in [1.807, 2.05) is 6.92 Å². The average molecular weight is 361 g/mol. The van der Waals surface area contributed by atoms with E-state index in [1.165, 1.54) is 5.56 Å². The van der Waals surface area contributed by atoms with E-state index in [2.05, 4.69) is 66.5 Å². The minimum Gasteiger partial charge on any atom is -0.245 e. The molecule has 0 aliphatic heterocycles. The van der Waals surface area contributed by atoms with Crippen molar-refractivity contribution in [2.24, 2.45) is 0 Å². The highest BCUT2D eigenvalue weighted by Crippen LogP contribution is 2.28. The van der Waals surface area contributed by atoms with Crippen LogP contribution >= 0.6 is 43.2 Å². The Morgan fingerprint density at radius 2 is 2.00 bits per heavy atom. The first kappa shape index (κ1) is 12.3. The molecule has 0 spiro atoms. The maximum Gasteiger partial charge on any atom is 0.0897 e. The Morgan fingerprint density at radius 1 is 1.31 bits per heavy atom. The third-order valence-electron chi connectivity index (χ3n) is 2.29. The van der Waals surface area contributed by atoms with Crippen molar-refractivity contribution in [3.63, 3.8) is 0 Å². The van der Waals surface area contributed by atoms with Crippen LogP contribution < -0.4 is 0 Å². The molecule has 2 aromatic rings. The van der Waals surface area contributed by atoms with Gasteiger partial charge in [0.05, 0.1) is 15.5 Å². The highest BCUT2D eigenvalue weighted by Gasteiger charge is 2.11. The summed E-state index contributed by atoms with van der Waals surface area (Å²) in [5.41, 5.74) is 2.45. The zero-order valence-corrected chi connectivity index (χ0v) is 12.8. The topological polar surface area (TPSA) is 12.9 Å². The minimum absolute atomic E-state index is 0.304. The monoisotopic (exact) mass is 359 g/mol. The number of thiazole rings is 1. The number of alkyl halides is 1. The highest BCUT2D eigenvalue weighted by atomic mass is 79.9. The van der Waals surface area contributed by atoms with Gasteiger partial charge in [0.25, 0.3) is 0 Å². The van der Waals surface area contributed by atoms with Gasteiger partial charge in [-0.2, -0.15) is 0 Å². The molecule has 0 saturated carbocycles. The number of aromatic nitrogens is 1. The van der Waals surface area contributed by atoms with Crippen molar-refractivity contribution in [3.05, 3.63) is 50.4 Å². The summed E-state index contributed by atoms with van der Waals surface area (Å²) >= 11 is 8.82. The van der Waals surface area contributed by atoms with E-state index in [9.17, 15) is 0 Å². The molecule has 1 aromatic carbocycles. The van der Waals surface area contributed by atoms with Crippen molar-refractivity contribution in [1.29, 1.82) is 0 Å². The van der Waals surface area contributed by atoms with Crippen LogP contribution in [0.3, 0.4) is 0 Å². The number of aryl methyl sites for hydroxylation is 1. The van der Waals surface area contributed by atoms with Crippen molar-refractivity contribution in [1.82, 2.24) is 4.98 Å². The first-order valence-corrected chi connectivity index (χ1v) is 7.54. The summed E-state index contributed by atoms with van der Waals surface area (Å²) in [4.78, 5) is 4.79. The van der Waals surface area contributed by atoms with Crippen LogP contribution in [0, 0.1) is 6.92 Å². The number of hydrogen-bond donors (Lipinski definition) is 0. The van der Waals surface area contributed by atoms with Gasteiger partial charge < -0.3 is 0 Å². The standard InChI is InChI=1S/C12H11Br2NS/c1-8-15-12(7-16-8)11(14)6-9-2-4-10(13)5-3-9/h2-5,7,11H,6H2,1H3. The molecule has 1 unspecified atom stereocenters. The Bertz CT molecular complexity index is 464. The molecule has 0 aliphatic rings. The molecule has 0 bridgehead atoms. The number of benzene rings is 1. The van der Waals surface area contributed by atoms with Gasteiger partial charge in [-0.1, -0.05) is 44.0 Å². The second-order valence-corrected chi connectivity index (χ2v) is 6.67. The molecule has 0 amide bonds. The van der Waals surface area contributed by atoms with Crippen molar-refractivity contribution >= 4 is 43.2 Å². The molecule has 1 aromatic heterocycles. The number of hydrogen-bond acceptors (Lipinski definition) is 2. The third-order valence-corrected chi connectivity index (χ3v) is 4.40. The lowest BCUT2D eigenvalue weighted by atomic mass is 10.1. The summed E-state index contributed by atoms with van der Waals surface area (Å²) < 4.78 is 1.12. The van der Waals surface area contributed by atoms with E-state index in [-0.39, 0.29) is 0 Å². The van der Waals surface area contributed by atoms with Crippen LogP contribution in [0.15, 0.2) is 34.1 Å². The van der Waals surface area contributed by atoms with E-state index in [1.54, 1.807) is 11.3 Å². The molecule has 16 heavy (non-hydrogen) atoms. The summed E-state index contributed by atoms with van der Waals surface area (Å²) in [6.45, 7) is 2.04. The Morgan fingerprint density at radius 3 is 2.56 bits per heavy atom. The molecule has 0 N–H and O–H groups in total. The van der Waals surface area contributed by atoms with Crippen LogP contribution in [0.1, 0.15) is 21.1 Å². The minimum atomic E-state index is 0.304. The Labute approximate surface area is 116 Å². The van der Waals surface area contributed by atoms with Gasteiger partial charge in [-0.05, 0) is 31.0 Å². The van der Waals surface area contributed by atoms with Crippen LogP contribution in [0.2, 0.25) is 0 Å². The van der Waals surface area contributed by atoms with Gasteiger partial charge >= 0.3 is 0 Å². The predicted molar refractivity (Wildman–Crippen MR) is 76.4 cm³/mol. The number of halogens is 2. The van der Waals surface area contributed by atoms with Gasteiger partial charge in [0, 0.05) is 9.85 Å². The van der Waals surface area contributed by atoms with Gasteiger partial charge in [-0.15, -0.1) is 11.3 Å². The lowest BCUT2D eigenvalue weighted by Crippen LogP contribution is -1.95. The predicted octanol–water partition coefficient (Wildman–Crippen LogP) is 4.89. The van der Waals surface area contributed by atoms with Crippen molar-refractivity contribution < 1.29 is 0 Å². The van der Waals surface area contributed by atoms with Crippen molar-refractivity contribution in [2.45, 2.75) is 18.2 Å². The quantitative estimate of drug-likeness (QED) is 0.710. The molecule has 0 radical (unpaired) electrons. The second kappa shape index (κ2) is 5.43. The molecule has 4 heteroatoms. The van der Waals surface area contributed by atoms with Crippen LogP contribution in [-0.4, -0.2) is 4.98 Å². The Balaban J connectivity index is 2.07. The SMILES string of the molecule is Cc1nc(C(Br)Cc2ccc(Br)cc2)cs1. The fourth-order valence-electron chi connectivity index (χ4n) is 1.46. The molecule has 84 valence electrons. The van der Waals surface area contributed by atoms with Crippen LogP contribution in [0.25, 0.3) is 0 Å². The van der Waals surface area contributed by atoms with Crippen molar-refractivity contribution in [2.75, 3.05) is 0 Å². The third kappa shape index (κ3) is 3.15. The van der Waals surface area contributed by atoms with Gasteiger partial charge in [-0.3, -0.25) is 0 Å². The van der Waals surface area contributed by atoms with E-state index in [4.69, 9.17) is 0 Å². The average Bonchev–Trinajstić information content (AvgIpc) is 2.68. The lowest BCUT2D eigenvalue weighted by Gasteiger charge is -2.06. The molecular formula is C12H11Br2NS. The molecule has 0 aliphatic carbocycles. The summed E-state index contributed by atoms with van der Waals surface area (Å²) in [5.74, 6) is 0. The van der Waals surface area contributed by atoms with Gasteiger partial charge in [0.2, 0.25) is 0 Å². The fourth-order valence-corrected chi connectivity index (χ4v) is 3.17. The fraction of sp³-hybridized carbons (Fsp3) is 0.250. The molecule has 2 rings (SSSR count). The van der Waals surface area contributed by atoms with Gasteiger partial charge in [-0.25, -0.2) is 4.98 Å². The normalized spacial score (nSPS) is 12.7. The molecule has 1 heterocycles. The maximum atomic E-state index is 4.49. The smallest absolute Gasteiger partial charge is 0.0897 e. The van der Waals surface area contributed by atoms with E-state index in [0.717, 1.165) is 21.6 Å². The summed E-state index contributed by atoms with van der Waals surface area (Å²) in [5, 5.41) is 3.24. The second-order valence-electron chi connectivity index (χ2n) is 3.59. The molecular weight excluding hydrogens is 350 g/mol. The zero-order valence-electron chi connectivity index (χ0n) is 8.78. The summed E-state index contributed by atoms with van der Waals surface area (Å²) in [7, 11) is 0. The molecule has 1 atom stereocenters. The Kier molecular flexibility index (Phi) is 4.16. The van der Waals surface area contributed by atoms with Crippen LogP contribution in [0.4, 0.5) is 0 Å². The van der Waals surface area contributed by atoms with Gasteiger partial charge in [0.1, 0.15) is 0 Å². The summed E-state index contributed by atoms with van der Waals surface area (Å²) in [6, 6.07) is 8.41. The highest BCUT2D eigenvalue weighted by molar-refractivity contribution is 9.10. The van der Waals surface area contributed by atoms with Crippen LogP contribution in [-0.2, 0) is 6.42 Å². The van der Waals surface area contributed by atoms with Crippen LogP contribution in [0.5, 0.6) is 0 Å². The lowest BCUT2D eigenvalue weighted by molar-refractivity contribution is 0.909. The Hall–Kier alpha value is -0.190.